The fourth-order valence-electron chi connectivity index (χ4n) is 2.06. The van der Waals surface area contributed by atoms with Gasteiger partial charge in [0.15, 0.2) is 0 Å². The maximum absolute atomic E-state index is 10.8. The van der Waals surface area contributed by atoms with Crippen molar-refractivity contribution in [3.05, 3.63) is 53.6 Å². The molecule has 0 bridgehead atoms. The minimum Gasteiger partial charge on any atom is -0.545 e. The van der Waals surface area contributed by atoms with Crippen LogP contribution in [0.2, 0.25) is 0 Å². The van der Waals surface area contributed by atoms with E-state index in [0.717, 1.165) is 17.7 Å². The van der Waals surface area contributed by atoms with Crippen LogP contribution in [0.25, 0.3) is 0 Å². The third-order valence-electron chi connectivity index (χ3n) is 3.13. The van der Waals surface area contributed by atoms with Gasteiger partial charge in [-0.2, -0.15) is 0 Å². The Kier molecular flexibility index (Phi) is 7.92. The first-order chi connectivity index (χ1) is 10.1. The van der Waals surface area contributed by atoms with E-state index in [1.165, 1.54) is 12.1 Å². The zero-order valence-corrected chi connectivity index (χ0v) is 15.8. The summed E-state index contributed by atoms with van der Waals surface area (Å²) in [5.41, 5.74) is 1.45. The molecule has 22 heavy (non-hydrogen) atoms. The molecule has 0 spiro atoms. The molecule has 0 heterocycles. The van der Waals surface area contributed by atoms with Crippen LogP contribution in [0.15, 0.2) is 42.5 Å². The Morgan fingerprint density at radius 1 is 1.27 bits per heavy atom. The number of nitrogens with one attached hydrogen (secondary N) is 1. The second-order valence-corrected chi connectivity index (χ2v) is 4.51. The summed E-state index contributed by atoms with van der Waals surface area (Å²) in [5.74, 6) is -0.883. The molecule has 0 fully saturated rings. The van der Waals surface area contributed by atoms with Gasteiger partial charge in [-0.05, 0) is 36.2 Å². The zero-order chi connectivity index (χ0) is 15.2. The second kappa shape index (κ2) is 9.17. The smallest absolute Gasteiger partial charge is 0.545 e. The van der Waals surface area contributed by atoms with Gasteiger partial charge in [0.2, 0.25) is 0 Å². The van der Waals surface area contributed by atoms with Gasteiger partial charge in [-0.15, -0.1) is 0 Å². The summed E-state index contributed by atoms with van der Waals surface area (Å²) in [5, 5.41) is 23.4. The molecule has 0 aromatic heterocycles. The Labute approximate surface area is 171 Å². The number of ether oxygens (including phenoxy) is 1. The second-order valence-electron chi connectivity index (χ2n) is 4.51. The number of carboxylic acids is 1. The van der Waals surface area contributed by atoms with E-state index in [1.54, 1.807) is 13.2 Å². The van der Waals surface area contributed by atoms with Crippen LogP contribution in [0.4, 0.5) is 5.69 Å². The summed E-state index contributed by atoms with van der Waals surface area (Å²) < 4.78 is 5.27. The first kappa shape index (κ1) is 19.0. The number of carbonyl (C=O) groups is 1. The van der Waals surface area contributed by atoms with Crippen molar-refractivity contribution in [3.8, 4) is 11.5 Å². The summed E-state index contributed by atoms with van der Waals surface area (Å²) in [4.78, 5) is 10.8. The van der Waals surface area contributed by atoms with Gasteiger partial charge >= 0.3 is 51.4 Å². The molecule has 2 aromatic rings. The van der Waals surface area contributed by atoms with Crippen molar-refractivity contribution >= 4 is 11.7 Å². The number of benzene rings is 2. The Bertz CT molecular complexity index is 646. The zero-order valence-electron chi connectivity index (χ0n) is 12.6. The topological polar surface area (TPSA) is 81.6 Å². The molecule has 0 aliphatic heterocycles. The molecule has 2 aromatic carbocycles. The predicted molar refractivity (Wildman–Crippen MR) is 77.6 cm³/mol. The van der Waals surface area contributed by atoms with Crippen LogP contribution in [-0.4, -0.2) is 24.7 Å². The summed E-state index contributed by atoms with van der Waals surface area (Å²) in [6, 6.07) is 12.0. The Hall–Kier alpha value is -1.05. The molecule has 0 aliphatic carbocycles. The van der Waals surface area contributed by atoms with E-state index >= 15 is 0 Å². The summed E-state index contributed by atoms with van der Waals surface area (Å²) in [7, 11) is 1.62. The molecular weight excluding hydrogens is 309 g/mol. The largest absolute Gasteiger partial charge is 1.00 e. The van der Waals surface area contributed by atoms with E-state index in [0.29, 0.717) is 12.2 Å². The third-order valence-corrected chi connectivity index (χ3v) is 3.13. The molecular formula is C16H16KNO4. The van der Waals surface area contributed by atoms with Crippen molar-refractivity contribution in [2.75, 3.05) is 19.0 Å². The van der Waals surface area contributed by atoms with E-state index in [9.17, 15) is 15.0 Å². The summed E-state index contributed by atoms with van der Waals surface area (Å²) >= 11 is 0. The first-order valence-electron chi connectivity index (χ1n) is 6.52. The quantitative estimate of drug-likeness (QED) is 0.495. The summed E-state index contributed by atoms with van der Waals surface area (Å²) in [6.45, 7) is 0.609. The Morgan fingerprint density at radius 2 is 2.00 bits per heavy atom. The van der Waals surface area contributed by atoms with Crippen molar-refractivity contribution < 1.29 is 71.1 Å². The number of carbonyl (C=O) groups excluding carboxylic acids is 1. The number of para-hydroxylation sites is 1. The number of anilines is 1. The maximum Gasteiger partial charge on any atom is 1.00 e. The SMILES string of the molecule is COc1ccccc1CCNc1ccc(O)c(C(=O)[O-])c1.[K+]. The normalized spacial score (nSPS) is 9.68. The molecule has 6 heteroatoms. The molecule has 0 amide bonds. The van der Waals surface area contributed by atoms with Gasteiger partial charge in [0.05, 0.1) is 13.1 Å². The van der Waals surface area contributed by atoms with Gasteiger partial charge < -0.3 is 25.1 Å². The van der Waals surface area contributed by atoms with E-state index in [1.807, 2.05) is 24.3 Å². The monoisotopic (exact) mass is 325 g/mol. The molecule has 0 saturated carbocycles. The van der Waals surface area contributed by atoms with Gasteiger partial charge in [-0.3, -0.25) is 0 Å². The van der Waals surface area contributed by atoms with Gasteiger partial charge in [-0.1, -0.05) is 18.2 Å². The van der Waals surface area contributed by atoms with E-state index in [2.05, 4.69) is 5.32 Å². The molecule has 2 rings (SSSR count). The van der Waals surface area contributed by atoms with Crippen LogP contribution in [0.3, 0.4) is 0 Å². The van der Waals surface area contributed by atoms with Gasteiger partial charge in [0.1, 0.15) is 11.5 Å². The van der Waals surface area contributed by atoms with Crippen molar-refractivity contribution in [1.29, 1.82) is 0 Å². The molecule has 0 atom stereocenters. The van der Waals surface area contributed by atoms with Crippen molar-refractivity contribution in [3.63, 3.8) is 0 Å². The number of hydrogen-bond acceptors (Lipinski definition) is 5. The molecule has 0 unspecified atom stereocenters. The number of phenols is 1. The minimum atomic E-state index is -1.40. The van der Waals surface area contributed by atoms with E-state index in [-0.39, 0.29) is 62.7 Å². The number of methoxy groups -OCH3 is 1. The Morgan fingerprint density at radius 3 is 2.68 bits per heavy atom. The van der Waals surface area contributed by atoms with E-state index < -0.39 is 5.97 Å². The van der Waals surface area contributed by atoms with Gasteiger partial charge in [0.25, 0.3) is 0 Å². The molecule has 0 saturated heterocycles. The van der Waals surface area contributed by atoms with Crippen LogP contribution < -0.4 is 66.5 Å². The number of carboxylic acid groups (broad SMARTS) is 1. The van der Waals surface area contributed by atoms with Crippen LogP contribution in [0.5, 0.6) is 11.5 Å². The van der Waals surface area contributed by atoms with Crippen LogP contribution in [0, 0.1) is 0 Å². The number of rotatable bonds is 6. The third kappa shape index (κ3) is 5.00. The average molecular weight is 325 g/mol. The fourth-order valence-corrected chi connectivity index (χ4v) is 2.06. The number of aromatic carboxylic acids is 1. The van der Waals surface area contributed by atoms with Gasteiger partial charge in [-0.25, -0.2) is 0 Å². The van der Waals surface area contributed by atoms with Crippen LogP contribution in [0.1, 0.15) is 15.9 Å². The molecule has 0 aliphatic rings. The van der Waals surface area contributed by atoms with Crippen molar-refractivity contribution in [2.45, 2.75) is 6.42 Å². The average Bonchev–Trinajstić information content (AvgIpc) is 2.49. The number of hydrogen-bond donors (Lipinski definition) is 2. The van der Waals surface area contributed by atoms with Crippen LogP contribution in [-0.2, 0) is 6.42 Å². The number of aromatic hydroxyl groups is 1. The molecule has 2 N–H and O–H groups in total. The predicted octanol–water partition coefficient (Wildman–Crippen LogP) is -1.58. The molecule has 5 nitrogen and oxygen atoms in total. The molecule has 110 valence electrons. The van der Waals surface area contributed by atoms with Crippen molar-refractivity contribution in [2.24, 2.45) is 0 Å². The van der Waals surface area contributed by atoms with Crippen LogP contribution >= 0.6 is 0 Å². The van der Waals surface area contributed by atoms with Gasteiger partial charge in [0, 0.05) is 17.8 Å². The molecule has 0 radical (unpaired) electrons. The Balaban J connectivity index is 0.00000242. The fraction of sp³-hybridized carbons (Fsp3) is 0.188. The maximum atomic E-state index is 10.8. The van der Waals surface area contributed by atoms with Crippen molar-refractivity contribution in [1.82, 2.24) is 0 Å². The summed E-state index contributed by atoms with van der Waals surface area (Å²) in [6.07, 6.45) is 0.728. The van der Waals surface area contributed by atoms with E-state index in [4.69, 9.17) is 4.74 Å². The minimum absolute atomic E-state index is 0. The first-order valence-corrected chi connectivity index (χ1v) is 6.52. The standard InChI is InChI=1S/C16H17NO4.K/c1-21-15-5-3-2-4-11(15)8-9-17-12-6-7-14(18)13(10-12)16(19)20;/h2-7,10,17-18H,8-9H2,1H3,(H,19,20);/q;+1/p-1.